The Morgan fingerprint density at radius 2 is 2.03 bits per heavy atom. The van der Waals surface area contributed by atoms with Gasteiger partial charge in [0, 0.05) is 30.7 Å². The lowest BCUT2D eigenvalue weighted by Gasteiger charge is -2.37. The fourth-order valence-electron chi connectivity index (χ4n) is 4.29. The van der Waals surface area contributed by atoms with Crippen LogP contribution in [-0.4, -0.2) is 53.6 Å². The summed E-state index contributed by atoms with van der Waals surface area (Å²) < 4.78 is 11.2. The Kier molecular flexibility index (Phi) is 6.34. The monoisotopic (exact) mass is 431 g/mol. The number of rotatable bonds is 7. The van der Waals surface area contributed by atoms with Crippen molar-refractivity contribution >= 4 is 17.5 Å². The first-order valence-electron chi connectivity index (χ1n) is 10.8. The summed E-state index contributed by atoms with van der Waals surface area (Å²) >= 11 is 6.49. The van der Waals surface area contributed by atoms with E-state index in [2.05, 4.69) is 16.1 Å². The predicted molar refractivity (Wildman–Crippen MR) is 116 cm³/mol. The van der Waals surface area contributed by atoms with Gasteiger partial charge in [-0.25, -0.2) is 0 Å². The molecule has 0 N–H and O–H groups in total. The third kappa shape index (κ3) is 4.65. The van der Waals surface area contributed by atoms with E-state index in [1.54, 1.807) is 4.90 Å². The molecular formula is C23H30ClN3O3. The van der Waals surface area contributed by atoms with Gasteiger partial charge in [0.25, 0.3) is 5.91 Å². The summed E-state index contributed by atoms with van der Waals surface area (Å²) in [4.78, 5) is 16.7. The number of benzene rings is 1. The third-order valence-corrected chi connectivity index (χ3v) is 6.70. The first kappa shape index (κ1) is 21.2. The Morgan fingerprint density at radius 3 is 2.67 bits per heavy atom. The molecule has 2 fully saturated rings. The van der Waals surface area contributed by atoms with Crippen LogP contribution in [0.15, 0.2) is 22.7 Å². The topological polar surface area (TPSA) is 58.8 Å². The van der Waals surface area contributed by atoms with Gasteiger partial charge in [0.1, 0.15) is 11.5 Å². The molecule has 162 valence electrons. The van der Waals surface area contributed by atoms with Crippen molar-refractivity contribution < 1.29 is 14.1 Å². The maximum absolute atomic E-state index is 12.6. The SMILES string of the molecule is Cc1onc(C(=O)N(C)CC2CC(Oc3ccc(CN4CCCC4)c(Cl)c3)C2)c1C. The normalized spacial score (nSPS) is 21.5. The van der Waals surface area contributed by atoms with Crippen LogP contribution >= 0.6 is 11.6 Å². The Bertz CT molecular complexity index is 901. The van der Waals surface area contributed by atoms with Gasteiger partial charge >= 0.3 is 0 Å². The molecule has 2 heterocycles. The Morgan fingerprint density at radius 1 is 1.30 bits per heavy atom. The third-order valence-electron chi connectivity index (χ3n) is 6.35. The Balaban J connectivity index is 1.24. The van der Waals surface area contributed by atoms with Crippen molar-refractivity contribution in [1.29, 1.82) is 0 Å². The fraction of sp³-hybridized carbons (Fsp3) is 0.565. The molecule has 1 saturated heterocycles. The van der Waals surface area contributed by atoms with Crippen LogP contribution in [0.1, 0.15) is 53.1 Å². The molecule has 7 heteroatoms. The molecule has 0 unspecified atom stereocenters. The highest BCUT2D eigenvalue weighted by atomic mass is 35.5. The summed E-state index contributed by atoms with van der Waals surface area (Å²) in [7, 11) is 1.82. The van der Waals surface area contributed by atoms with Crippen molar-refractivity contribution in [3.63, 3.8) is 0 Å². The van der Waals surface area contributed by atoms with Gasteiger partial charge in [0.2, 0.25) is 0 Å². The highest BCUT2D eigenvalue weighted by Crippen LogP contribution is 2.34. The van der Waals surface area contributed by atoms with Gasteiger partial charge in [0.15, 0.2) is 5.69 Å². The number of likely N-dealkylation sites (tertiary alicyclic amines) is 1. The maximum Gasteiger partial charge on any atom is 0.276 e. The van der Waals surface area contributed by atoms with Gasteiger partial charge in [-0.05, 0) is 76.2 Å². The number of hydrogen-bond donors (Lipinski definition) is 0. The van der Waals surface area contributed by atoms with Crippen molar-refractivity contribution in [3.8, 4) is 5.75 Å². The molecule has 0 bridgehead atoms. The van der Waals surface area contributed by atoms with Crippen molar-refractivity contribution in [2.24, 2.45) is 5.92 Å². The molecule has 2 aliphatic rings. The summed E-state index contributed by atoms with van der Waals surface area (Å²) in [6.07, 6.45) is 4.60. The molecule has 4 rings (SSSR count). The van der Waals surface area contributed by atoms with E-state index < -0.39 is 0 Å². The molecule has 1 aliphatic carbocycles. The van der Waals surface area contributed by atoms with Gasteiger partial charge < -0.3 is 14.2 Å². The van der Waals surface area contributed by atoms with Crippen molar-refractivity contribution in [2.45, 2.75) is 52.2 Å². The molecule has 1 amide bonds. The number of carbonyl (C=O) groups is 1. The highest BCUT2D eigenvalue weighted by molar-refractivity contribution is 6.31. The van der Waals surface area contributed by atoms with Crippen LogP contribution in [0, 0.1) is 19.8 Å². The molecule has 0 atom stereocenters. The Labute approximate surface area is 183 Å². The molecule has 2 aromatic rings. The summed E-state index contributed by atoms with van der Waals surface area (Å²) in [5, 5.41) is 4.68. The van der Waals surface area contributed by atoms with Gasteiger partial charge in [-0.3, -0.25) is 9.69 Å². The molecule has 6 nitrogen and oxygen atoms in total. The number of hydrogen-bond acceptors (Lipinski definition) is 5. The Hall–Kier alpha value is -2.05. The van der Waals surface area contributed by atoms with Crippen LogP contribution in [0.25, 0.3) is 0 Å². The number of carbonyl (C=O) groups excluding carboxylic acids is 1. The zero-order valence-corrected chi connectivity index (χ0v) is 18.7. The zero-order valence-electron chi connectivity index (χ0n) is 18.0. The molecule has 0 spiro atoms. The van der Waals surface area contributed by atoms with E-state index in [1.807, 2.05) is 33.0 Å². The van der Waals surface area contributed by atoms with Crippen LogP contribution < -0.4 is 4.74 Å². The van der Waals surface area contributed by atoms with E-state index in [1.165, 1.54) is 12.8 Å². The average Bonchev–Trinajstić information content (AvgIpc) is 3.32. The van der Waals surface area contributed by atoms with Gasteiger partial charge in [-0.1, -0.05) is 22.8 Å². The predicted octanol–water partition coefficient (Wildman–Crippen LogP) is 4.47. The van der Waals surface area contributed by atoms with Gasteiger partial charge in [-0.15, -0.1) is 0 Å². The van der Waals surface area contributed by atoms with E-state index in [-0.39, 0.29) is 12.0 Å². The lowest BCUT2D eigenvalue weighted by Crippen LogP contribution is -2.42. The van der Waals surface area contributed by atoms with E-state index in [0.717, 1.165) is 54.4 Å². The summed E-state index contributed by atoms with van der Waals surface area (Å²) in [5.41, 5.74) is 2.38. The molecular weight excluding hydrogens is 402 g/mol. The van der Waals surface area contributed by atoms with E-state index in [9.17, 15) is 4.79 Å². The minimum Gasteiger partial charge on any atom is -0.490 e. The van der Waals surface area contributed by atoms with Crippen LogP contribution in [0.3, 0.4) is 0 Å². The van der Waals surface area contributed by atoms with Crippen molar-refractivity contribution in [1.82, 2.24) is 15.0 Å². The molecule has 1 saturated carbocycles. The number of aryl methyl sites for hydroxylation is 1. The molecule has 1 aliphatic heterocycles. The first-order valence-corrected chi connectivity index (χ1v) is 11.1. The number of halogens is 1. The minimum absolute atomic E-state index is 0.0888. The largest absolute Gasteiger partial charge is 0.490 e. The number of amides is 1. The van der Waals surface area contributed by atoms with Crippen molar-refractivity contribution in [3.05, 3.63) is 45.8 Å². The number of nitrogens with zero attached hydrogens (tertiary/aromatic N) is 3. The van der Waals surface area contributed by atoms with Crippen LogP contribution in [0.5, 0.6) is 5.75 Å². The quantitative estimate of drug-likeness (QED) is 0.647. The minimum atomic E-state index is -0.0888. The van der Waals surface area contributed by atoms with Crippen LogP contribution in [0.2, 0.25) is 5.02 Å². The van der Waals surface area contributed by atoms with E-state index >= 15 is 0 Å². The molecule has 1 aromatic carbocycles. The molecule has 1 aromatic heterocycles. The summed E-state index contributed by atoms with van der Waals surface area (Å²) in [5.74, 6) is 1.86. The smallest absolute Gasteiger partial charge is 0.276 e. The summed E-state index contributed by atoms with van der Waals surface area (Å²) in [6, 6.07) is 6.04. The first-order chi connectivity index (χ1) is 14.4. The number of ether oxygens (including phenoxy) is 1. The maximum atomic E-state index is 12.6. The van der Waals surface area contributed by atoms with Crippen LogP contribution in [0.4, 0.5) is 0 Å². The summed E-state index contributed by atoms with van der Waals surface area (Å²) in [6.45, 7) is 7.60. The zero-order chi connectivity index (χ0) is 21.3. The average molecular weight is 432 g/mol. The second-order valence-electron chi connectivity index (χ2n) is 8.71. The van der Waals surface area contributed by atoms with Crippen molar-refractivity contribution in [2.75, 3.05) is 26.7 Å². The van der Waals surface area contributed by atoms with Gasteiger partial charge in [-0.2, -0.15) is 0 Å². The molecule has 0 radical (unpaired) electrons. The van der Waals surface area contributed by atoms with Gasteiger partial charge in [0.05, 0.1) is 6.10 Å². The van der Waals surface area contributed by atoms with E-state index in [0.29, 0.717) is 23.9 Å². The lowest BCUT2D eigenvalue weighted by atomic mass is 9.82. The van der Waals surface area contributed by atoms with E-state index in [4.69, 9.17) is 20.9 Å². The van der Waals surface area contributed by atoms with Crippen LogP contribution in [-0.2, 0) is 6.54 Å². The standard InChI is InChI=1S/C23H30ClN3O3/c1-15-16(2)30-25-22(15)23(28)26(3)13-17-10-20(11-17)29-19-7-6-18(21(24)12-19)14-27-8-4-5-9-27/h6-7,12,17,20H,4-5,8-11,13-14H2,1-3H3. The second kappa shape index (κ2) is 8.98. The highest BCUT2D eigenvalue weighted by Gasteiger charge is 2.33. The fourth-order valence-corrected chi connectivity index (χ4v) is 4.52. The second-order valence-corrected chi connectivity index (χ2v) is 9.12. The molecule has 30 heavy (non-hydrogen) atoms. The number of aromatic nitrogens is 1. The lowest BCUT2D eigenvalue weighted by molar-refractivity contribution is 0.0415.